The number of nitrogens with zero attached hydrogens (tertiary/aromatic N) is 6. The molecule has 0 aliphatic carbocycles. The fourth-order valence-electron chi connectivity index (χ4n) is 7.35. The third kappa shape index (κ3) is 3.87. The molecule has 0 unspecified atom stereocenters. The van der Waals surface area contributed by atoms with Gasteiger partial charge >= 0.3 is 0 Å². The monoisotopic (exact) mass is 644 g/mol. The van der Waals surface area contributed by atoms with Gasteiger partial charge in [0.05, 0.1) is 46.0 Å². The molecule has 8 heteroatoms. The number of fused-ring (bicyclic) bond motifs is 8. The maximum absolute atomic E-state index is 6.48. The van der Waals surface area contributed by atoms with E-state index in [1.807, 2.05) is 42.5 Å². The molecule has 11 rings (SSSR count). The van der Waals surface area contributed by atoms with Crippen molar-refractivity contribution in [3.63, 3.8) is 0 Å². The van der Waals surface area contributed by atoms with Gasteiger partial charge < -0.3 is 9.47 Å². The Bertz CT molecular complexity index is 2780. The molecule has 0 saturated carbocycles. The molecule has 4 aromatic heterocycles. The molecule has 0 bridgehead atoms. The Kier molecular flexibility index (Phi) is 5.51. The van der Waals surface area contributed by atoms with Crippen molar-refractivity contribution in [2.75, 3.05) is 4.90 Å². The molecule has 0 spiro atoms. The van der Waals surface area contributed by atoms with Gasteiger partial charge in [0.25, 0.3) is 0 Å². The summed E-state index contributed by atoms with van der Waals surface area (Å²) in [5.41, 5.74) is 9.53. The van der Waals surface area contributed by atoms with E-state index >= 15 is 0 Å². The quantitative estimate of drug-likeness (QED) is 0.189. The highest BCUT2D eigenvalue weighted by Gasteiger charge is 2.35. The van der Waals surface area contributed by atoms with Gasteiger partial charge in [-0.25, -0.2) is 9.97 Å². The molecule has 6 heterocycles. The van der Waals surface area contributed by atoms with Crippen molar-refractivity contribution in [2.24, 2.45) is 0 Å². The van der Waals surface area contributed by atoms with Crippen LogP contribution in [0.1, 0.15) is 0 Å². The van der Waals surface area contributed by atoms with Gasteiger partial charge in [0.15, 0.2) is 23.0 Å². The standard InChI is InChI=1S/C42H24N6O2/c1-2-8-25(9-3-1)40-29-11-4-6-12-31(29)45-42(46-40)48-32-13-7-5-10-28(32)30-20-26(14-15-33(30)48)27-21-36-41-37(22-27)50-39-24-44-19-17-35(39)47(41)34-16-18-43-23-38(34)49-36/h1-24H. The van der Waals surface area contributed by atoms with Crippen LogP contribution >= 0.6 is 0 Å². The van der Waals surface area contributed by atoms with Crippen molar-refractivity contribution in [1.82, 2.24) is 24.5 Å². The van der Waals surface area contributed by atoms with E-state index in [0.717, 1.165) is 72.2 Å². The summed E-state index contributed by atoms with van der Waals surface area (Å²) in [5, 5.41) is 3.22. The summed E-state index contributed by atoms with van der Waals surface area (Å²) in [4.78, 5) is 21.2. The van der Waals surface area contributed by atoms with Crippen molar-refractivity contribution in [1.29, 1.82) is 0 Å². The number of ether oxygens (including phenoxy) is 2. The zero-order chi connectivity index (χ0) is 32.8. The summed E-state index contributed by atoms with van der Waals surface area (Å²) in [6.45, 7) is 0. The minimum absolute atomic E-state index is 0.626. The molecule has 50 heavy (non-hydrogen) atoms. The molecule has 9 aromatic rings. The summed E-state index contributed by atoms with van der Waals surface area (Å²) in [6, 6.07) is 41.5. The van der Waals surface area contributed by atoms with E-state index in [4.69, 9.17) is 19.4 Å². The van der Waals surface area contributed by atoms with Crippen molar-refractivity contribution < 1.29 is 9.47 Å². The van der Waals surface area contributed by atoms with Crippen molar-refractivity contribution in [2.45, 2.75) is 0 Å². The zero-order valence-corrected chi connectivity index (χ0v) is 26.4. The third-order valence-corrected chi connectivity index (χ3v) is 9.56. The first-order valence-corrected chi connectivity index (χ1v) is 16.4. The molecule has 0 amide bonds. The Morgan fingerprint density at radius 1 is 0.480 bits per heavy atom. The summed E-state index contributed by atoms with van der Waals surface area (Å²) < 4.78 is 15.1. The van der Waals surface area contributed by atoms with Gasteiger partial charge in [-0.2, -0.15) is 0 Å². The lowest BCUT2D eigenvalue weighted by atomic mass is 9.99. The number of benzene rings is 5. The van der Waals surface area contributed by atoms with Crippen LogP contribution in [0.15, 0.2) is 146 Å². The minimum atomic E-state index is 0.626. The summed E-state index contributed by atoms with van der Waals surface area (Å²) in [6.07, 6.45) is 7.04. The summed E-state index contributed by atoms with van der Waals surface area (Å²) in [5.74, 6) is 3.37. The van der Waals surface area contributed by atoms with Crippen LogP contribution in [0.5, 0.6) is 23.0 Å². The van der Waals surface area contributed by atoms with Gasteiger partial charge in [0, 0.05) is 34.1 Å². The number of hydrogen-bond acceptors (Lipinski definition) is 7. The molecule has 0 fully saturated rings. The zero-order valence-electron chi connectivity index (χ0n) is 26.4. The first-order valence-electron chi connectivity index (χ1n) is 16.4. The van der Waals surface area contributed by atoms with E-state index in [1.165, 1.54) is 0 Å². The van der Waals surface area contributed by atoms with Crippen LogP contribution in [0.4, 0.5) is 17.1 Å². The Hall–Kier alpha value is -7.06. The molecule has 0 saturated heterocycles. The predicted octanol–water partition coefficient (Wildman–Crippen LogP) is 10.5. The number of anilines is 3. The van der Waals surface area contributed by atoms with Crippen molar-refractivity contribution >= 4 is 49.8 Å². The molecule has 2 aliphatic rings. The van der Waals surface area contributed by atoms with Gasteiger partial charge in [0.1, 0.15) is 5.69 Å². The molecule has 0 N–H and O–H groups in total. The maximum Gasteiger partial charge on any atom is 0.235 e. The van der Waals surface area contributed by atoms with Crippen LogP contribution in [0.2, 0.25) is 0 Å². The second-order valence-corrected chi connectivity index (χ2v) is 12.4. The van der Waals surface area contributed by atoms with E-state index in [-0.39, 0.29) is 0 Å². The number of aromatic nitrogens is 5. The van der Waals surface area contributed by atoms with Gasteiger partial charge in [0.2, 0.25) is 5.95 Å². The molecular weight excluding hydrogens is 621 g/mol. The highest BCUT2D eigenvalue weighted by Crippen LogP contribution is 2.60. The van der Waals surface area contributed by atoms with Crippen LogP contribution in [-0.2, 0) is 0 Å². The SMILES string of the molecule is c1ccc(-c2nc(-n3c4ccccc4c4cc(-c5cc6c7c(c5)Oc5cnccc5N7c5ccncc5O6)ccc43)nc3ccccc23)cc1. The Morgan fingerprint density at radius 2 is 1.14 bits per heavy atom. The fourth-order valence-corrected chi connectivity index (χ4v) is 7.35. The van der Waals surface area contributed by atoms with E-state index in [9.17, 15) is 0 Å². The first-order chi connectivity index (χ1) is 24.8. The Morgan fingerprint density at radius 3 is 1.90 bits per heavy atom. The largest absolute Gasteiger partial charge is 0.451 e. The molecular formula is C42H24N6O2. The molecule has 5 aromatic carbocycles. The average Bonchev–Trinajstić information content (AvgIpc) is 3.51. The van der Waals surface area contributed by atoms with Crippen LogP contribution in [0.3, 0.4) is 0 Å². The van der Waals surface area contributed by atoms with E-state index in [0.29, 0.717) is 28.9 Å². The number of hydrogen-bond donors (Lipinski definition) is 0. The number of pyridine rings is 2. The molecule has 0 atom stereocenters. The smallest absolute Gasteiger partial charge is 0.235 e. The Labute approximate surface area is 285 Å². The number of rotatable bonds is 3. The molecule has 8 nitrogen and oxygen atoms in total. The van der Waals surface area contributed by atoms with Crippen LogP contribution in [0.25, 0.3) is 61.0 Å². The minimum Gasteiger partial charge on any atom is -0.451 e. The van der Waals surface area contributed by atoms with Gasteiger partial charge in [-0.1, -0.05) is 72.8 Å². The molecule has 234 valence electrons. The fraction of sp³-hybridized carbons (Fsp3) is 0. The lowest BCUT2D eigenvalue weighted by molar-refractivity contribution is 0.444. The van der Waals surface area contributed by atoms with Gasteiger partial charge in [-0.05, 0) is 59.7 Å². The normalized spacial score (nSPS) is 12.7. The highest BCUT2D eigenvalue weighted by molar-refractivity contribution is 6.10. The van der Waals surface area contributed by atoms with Crippen molar-refractivity contribution in [3.8, 4) is 51.3 Å². The van der Waals surface area contributed by atoms with Crippen LogP contribution in [0, 0.1) is 0 Å². The molecule has 0 radical (unpaired) electrons. The van der Waals surface area contributed by atoms with E-state index in [1.54, 1.807) is 24.8 Å². The molecule has 2 aliphatic heterocycles. The predicted molar refractivity (Wildman–Crippen MR) is 195 cm³/mol. The lowest BCUT2D eigenvalue weighted by Crippen LogP contribution is -2.20. The Balaban J connectivity index is 1.11. The highest BCUT2D eigenvalue weighted by atomic mass is 16.5. The van der Waals surface area contributed by atoms with Crippen molar-refractivity contribution in [3.05, 3.63) is 146 Å². The van der Waals surface area contributed by atoms with Gasteiger partial charge in [-0.3, -0.25) is 19.4 Å². The topological polar surface area (TPSA) is 78.2 Å². The summed E-state index contributed by atoms with van der Waals surface area (Å²) in [7, 11) is 0. The second-order valence-electron chi connectivity index (χ2n) is 12.4. The third-order valence-electron chi connectivity index (χ3n) is 9.56. The number of para-hydroxylation sites is 2. The van der Waals surface area contributed by atoms with Crippen LogP contribution < -0.4 is 14.4 Å². The summed E-state index contributed by atoms with van der Waals surface area (Å²) >= 11 is 0. The average molecular weight is 645 g/mol. The van der Waals surface area contributed by atoms with E-state index < -0.39 is 0 Å². The van der Waals surface area contributed by atoms with E-state index in [2.05, 4.69) is 98.3 Å². The lowest BCUT2D eigenvalue weighted by Gasteiger charge is -2.37. The second kappa shape index (κ2) is 10.2. The van der Waals surface area contributed by atoms with Crippen LogP contribution in [-0.4, -0.2) is 24.5 Å². The van der Waals surface area contributed by atoms with Gasteiger partial charge in [-0.15, -0.1) is 0 Å². The first kappa shape index (κ1) is 26.9. The maximum atomic E-state index is 6.48.